The molecule has 3 fully saturated rings. The maximum absolute atomic E-state index is 2.59. The summed E-state index contributed by atoms with van der Waals surface area (Å²) in [5.74, 6) is 6.63. The molecular weight excluding hydrogens is 192 g/mol. The molecule has 0 nitrogen and oxygen atoms in total. The minimum Gasteiger partial charge on any atom is -0.0879 e. The fraction of sp³-hybridized carbons (Fsp3) is 0.875. The lowest BCUT2D eigenvalue weighted by molar-refractivity contribution is 0.188. The first kappa shape index (κ1) is 9.74. The Labute approximate surface area is 99.5 Å². The van der Waals surface area contributed by atoms with E-state index in [2.05, 4.69) is 12.2 Å². The Kier molecular flexibility index (Phi) is 2.20. The van der Waals surface area contributed by atoms with Crippen molar-refractivity contribution in [3.05, 3.63) is 12.2 Å². The van der Waals surface area contributed by atoms with Gasteiger partial charge in [-0.1, -0.05) is 44.3 Å². The second-order valence-corrected chi connectivity index (χ2v) is 6.79. The van der Waals surface area contributed by atoms with E-state index in [-0.39, 0.29) is 0 Å². The van der Waals surface area contributed by atoms with Crippen LogP contribution in [0.1, 0.15) is 51.4 Å². The molecule has 0 aromatic rings. The van der Waals surface area contributed by atoms with Gasteiger partial charge >= 0.3 is 0 Å². The predicted octanol–water partition coefficient (Wildman–Crippen LogP) is 4.42. The third-order valence-electron chi connectivity index (χ3n) is 6.32. The van der Waals surface area contributed by atoms with Crippen LogP contribution in [0.25, 0.3) is 0 Å². The highest BCUT2D eigenvalue weighted by Gasteiger charge is 2.55. The van der Waals surface area contributed by atoms with E-state index in [1.54, 1.807) is 25.7 Å². The summed E-state index contributed by atoms with van der Waals surface area (Å²) in [5, 5.41) is 0. The maximum atomic E-state index is 2.59. The molecule has 0 aromatic heterocycles. The van der Waals surface area contributed by atoms with Crippen molar-refractivity contribution in [2.75, 3.05) is 0 Å². The topological polar surface area (TPSA) is 0 Å². The van der Waals surface area contributed by atoms with Crippen molar-refractivity contribution in [3.8, 4) is 0 Å². The molecular formula is C16H24. The van der Waals surface area contributed by atoms with Crippen molar-refractivity contribution < 1.29 is 0 Å². The zero-order valence-electron chi connectivity index (χ0n) is 10.3. The quantitative estimate of drug-likeness (QED) is 0.569. The molecule has 5 unspecified atom stereocenters. The van der Waals surface area contributed by atoms with Crippen molar-refractivity contribution in [1.82, 2.24) is 0 Å². The van der Waals surface area contributed by atoms with Crippen molar-refractivity contribution in [2.45, 2.75) is 51.4 Å². The summed E-state index contributed by atoms with van der Waals surface area (Å²) in [5.41, 5.74) is 0. The minimum atomic E-state index is 1.02. The summed E-state index contributed by atoms with van der Waals surface area (Å²) >= 11 is 0. The Morgan fingerprint density at radius 2 is 1.56 bits per heavy atom. The predicted molar refractivity (Wildman–Crippen MR) is 67.0 cm³/mol. The van der Waals surface area contributed by atoms with E-state index < -0.39 is 0 Å². The molecule has 0 heteroatoms. The molecule has 88 valence electrons. The van der Waals surface area contributed by atoms with Crippen molar-refractivity contribution in [1.29, 1.82) is 0 Å². The first-order valence-electron chi connectivity index (χ1n) is 7.62. The molecule has 3 saturated carbocycles. The van der Waals surface area contributed by atoms with E-state index in [4.69, 9.17) is 0 Å². The van der Waals surface area contributed by atoms with Gasteiger partial charge in [-0.2, -0.15) is 0 Å². The molecule has 2 bridgehead atoms. The highest BCUT2D eigenvalue weighted by Crippen LogP contribution is 2.63. The summed E-state index contributed by atoms with van der Waals surface area (Å²) in [6, 6.07) is 0. The van der Waals surface area contributed by atoms with Gasteiger partial charge in [-0.25, -0.2) is 0 Å². The zero-order chi connectivity index (χ0) is 10.5. The van der Waals surface area contributed by atoms with Crippen LogP contribution >= 0.6 is 0 Å². The number of fused-ring (bicyclic) bond motifs is 5. The van der Waals surface area contributed by atoms with Crippen molar-refractivity contribution in [3.63, 3.8) is 0 Å². The van der Waals surface area contributed by atoms with Crippen LogP contribution in [-0.4, -0.2) is 0 Å². The number of hydrogen-bond acceptors (Lipinski definition) is 0. The highest BCUT2D eigenvalue weighted by molar-refractivity contribution is 5.15. The van der Waals surface area contributed by atoms with Gasteiger partial charge in [0.1, 0.15) is 0 Å². The smallest absolute Gasteiger partial charge is 0.0168 e. The Balaban J connectivity index is 1.58. The summed E-state index contributed by atoms with van der Waals surface area (Å²) in [6.45, 7) is 0. The average Bonchev–Trinajstić information content (AvgIpc) is 3.02. The molecule has 0 amide bonds. The van der Waals surface area contributed by atoms with Gasteiger partial charge < -0.3 is 0 Å². The van der Waals surface area contributed by atoms with Gasteiger partial charge in [-0.15, -0.1) is 0 Å². The van der Waals surface area contributed by atoms with E-state index >= 15 is 0 Å². The molecule has 16 heavy (non-hydrogen) atoms. The third-order valence-corrected chi connectivity index (χ3v) is 6.32. The normalized spacial score (nSPS) is 51.1. The number of hydrogen-bond donors (Lipinski definition) is 0. The first-order chi connectivity index (χ1) is 7.95. The van der Waals surface area contributed by atoms with Crippen LogP contribution in [0.15, 0.2) is 12.2 Å². The highest BCUT2D eigenvalue weighted by atomic mass is 14.6. The largest absolute Gasteiger partial charge is 0.0879 e. The van der Waals surface area contributed by atoms with Gasteiger partial charge in [0.25, 0.3) is 0 Å². The summed E-state index contributed by atoms with van der Waals surface area (Å²) < 4.78 is 0. The third kappa shape index (κ3) is 1.22. The molecule has 4 aliphatic carbocycles. The molecule has 0 N–H and O–H groups in total. The van der Waals surface area contributed by atoms with Crippen molar-refractivity contribution in [2.24, 2.45) is 35.5 Å². The second kappa shape index (κ2) is 3.62. The molecule has 0 aromatic carbocycles. The lowest BCUT2D eigenvalue weighted by Gasteiger charge is -2.31. The van der Waals surface area contributed by atoms with Crippen molar-refractivity contribution >= 4 is 0 Å². The Morgan fingerprint density at radius 3 is 2.38 bits per heavy atom. The molecule has 0 heterocycles. The summed E-state index contributed by atoms with van der Waals surface area (Å²) in [4.78, 5) is 0. The summed E-state index contributed by atoms with van der Waals surface area (Å²) in [7, 11) is 0. The second-order valence-electron chi connectivity index (χ2n) is 6.79. The molecule has 4 aliphatic rings. The zero-order valence-corrected chi connectivity index (χ0v) is 10.3. The lowest BCUT2D eigenvalue weighted by atomic mass is 9.74. The molecule has 0 spiro atoms. The first-order valence-corrected chi connectivity index (χ1v) is 7.62. The molecule has 4 rings (SSSR count). The van der Waals surface area contributed by atoms with E-state index in [0.29, 0.717) is 0 Å². The van der Waals surface area contributed by atoms with E-state index in [0.717, 1.165) is 35.5 Å². The number of allylic oxidation sites excluding steroid dienone is 2. The van der Waals surface area contributed by atoms with E-state index in [1.165, 1.54) is 25.7 Å². The number of rotatable bonds is 1. The van der Waals surface area contributed by atoms with Crippen LogP contribution in [-0.2, 0) is 0 Å². The molecule has 0 radical (unpaired) electrons. The van der Waals surface area contributed by atoms with Crippen LogP contribution in [0.3, 0.4) is 0 Å². The standard InChI is InChI=1S/C16H24/c1-2-5-11(6-3-1)16-14-9-10-15(16)13-8-4-7-12(13)14/h4,7,11-16H,1-3,5-6,8-10H2. The molecule has 0 saturated heterocycles. The Hall–Kier alpha value is -0.260. The average molecular weight is 216 g/mol. The van der Waals surface area contributed by atoms with Gasteiger partial charge in [0.2, 0.25) is 0 Å². The van der Waals surface area contributed by atoms with E-state index in [9.17, 15) is 0 Å². The fourth-order valence-corrected chi connectivity index (χ4v) is 5.87. The van der Waals surface area contributed by atoms with Gasteiger partial charge in [0, 0.05) is 0 Å². The minimum absolute atomic E-state index is 1.02. The van der Waals surface area contributed by atoms with Gasteiger partial charge in [-0.05, 0) is 54.8 Å². The fourth-order valence-electron chi connectivity index (χ4n) is 5.87. The van der Waals surface area contributed by atoms with Crippen LogP contribution in [0.2, 0.25) is 0 Å². The van der Waals surface area contributed by atoms with Crippen LogP contribution in [0.5, 0.6) is 0 Å². The summed E-state index contributed by atoms with van der Waals surface area (Å²) in [6.07, 6.45) is 17.4. The van der Waals surface area contributed by atoms with Crippen LogP contribution in [0.4, 0.5) is 0 Å². The molecule has 5 atom stereocenters. The van der Waals surface area contributed by atoms with Crippen LogP contribution in [0, 0.1) is 35.5 Å². The molecule has 0 aliphatic heterocycles. The maximum Gasteiger partial charge on any atom is -0.0168 e. The SMILES string of the molecule is C1=CC2C(C1)C1CCC2C1C1CCCCC1. The Morgan fingerprint density at radius 1 is 0.750 bits per heavy atom. The van der Waals surface area contributed by atoms with Crippen LogP contribution < -0.4 is 0 Å². The van der Waals surface area contributed by atoms with E-state index in [1.807, 2.05) is 0 Å². The van der Waals surface area contributed by atoms with Gasteiger partial charge in [0.15, 0.2) is 0 Å². The lowest BCUT2D eigenvalue weighted by Crippen LogP contribution is -2.23. The van der Waals surface area contributed by atoms with Gasteiger partial charge in [0.05, 0.1) is 0 Å². The monoisotopic (exact) mass is 216 g/mol. The van der Waals surface area contributed by atoms with Gasteiger partial charge in [-0.3, -0.25) is 0 Å². The Bertz CT molecular complexity index is 297.